The molecule has 0 bridgehead atoms. The molecule has 0 amide bonds. The Balaban J connectivity index is 2.02. The summed E-state index contributed by atoms with van der Waals surface area (Å²) in [6.45, 7) is 7.06. The van der Waals surface area contributed by atoms with Crippen LogP contribution in [-0.2, 0) is 14.9 Å². The minimum absolute atomic E-state index is 0.224. The Morgan fingerprint density at radius 1 is 0.706 bits per heavy atom. The molecule has 0 aromatic heterocycles. The third-order valence-electron chi connectivity index (χ3n) is 10.1. The first-order valence-corrected chi connectivity index (χ1v) is 18.8. The number of carbonyl (C=O) groups is 1. The highest BCUT2D eigenvalue weighted by Crippen LogP contribution is 2.48. The van der Waals surface area contributed by atoms with Gasteiger partial charge in [-0.1, -0.05) is 81.8 Å². The highest BCUT2D eigenvalue weighted by atomic mass is 16.5. The Hall–Kier alpha value is -3.43. The second-order valence-corrected chi connectivity index (χ2v) is 14.2. The van der Waals surface area contributed by atoms with Crippen LogP contribution in [0.3, 0.4) is 0 Å². The van der Waals surface area contributed by atoms with Gasteiger partial charge in [0.1, 0.15) is 11.5 Å². The molecule has 51 heavy (non-hydrogen) atoms. The Kier molecular flexibility index (Phi) is 18.5. The third-order valence-corrected chi connectivity index (χ3v) is 10.1. The lowest BCUT2D eigenvalue weighted by Gasteiger charge is -2.40. The largest absolute Gasteiger partial charge is 0.494 e. The number of aliphatic hydroxyl groups is 4. The zero-order valence-electron chi connectivity index (χ0n) is 31.2. The molecule has 3 aromatic carbocycles. The van der Waals surface area contributed by atoms with Gasteiger partial charge in [0.05, 0.1) is 51.7 Å². The monoisotopic (exact) mass is 706 g/mol. The van der Waals surface area contributed by atoms with E-state index < -0.39 is 17.6 Å². The Morgan fingerprint density at radius 3 is 1.63 bits per heavy atom. The van der Waals surface area contributed by atoms with Crippen molar-refractivity contribution in [2.75, 3.05) is 33.5 Å². The number of hydrogen-bond donors (Lipinski definition) is 4. The van der Waals surface area contributed by atoms with E-state index in [9.17, 15) is 15.0 Å². The number of unbranched alkanes of at least 4 members (excludes halogenated alkanes) is 2. The topological polar surface area (TPSA) is 126 Å². The maximum absolute atomic E-state index is 13.1. The quantitative estimate of drug-likeness (QED) is 0.0525. The summed E-state index contributed by atoms with van der Waals surface area (Å²) in [6.07, 6.45) is 6.17. The fourth-order valence-corrected chi connectivity index (χ4v) is 6.93. The summed E-state index contributed by atoms with van der Waals surface area (Å²) in [5, 5.41) is 37.4. The summed E-state index contributed by atoms with van der Waals surface area (Å²) in [7, 11) is 1.45. The minimum atomic E-state index is -0.692. The van der Waals surface area contributed by atoms with Crippen molar-refractivity contribution < 1.29 is 39.4 Å². The van der Waals surface area contributed by atoms with Crippen LogP contribution in [0.15, 0.2) is 78.9 Å². The highest BCUT2D eigenvalue weighted by molar-refractivity contribution is 5.72. The second kappa shape index (κ2) is 22.5. The van der Waals surface area contributed by atoms with Gasteiger partial charge in [0.2, 0.25) is 0 Å². The fraction of sp³-hybridized carbons (Fsp3) is 0.558. The lowest BCUT2D eigenvalue weighted by molar-refractivity contribution is -0.145. The van der Waals surface area contributed by atoms with Gasteiger partial charge in [0.25, 0.3) is 0 Å². The molecule has 0 radical (unpaired) electrons. The lowest BCUT2D eigenvalue weighted by atomic mass is 9.63. The number of ether oxygens (including phenoxy) is 3. The van der Waals surface area contributed by atoms with Crippen LogP contribution in [0.1, 0.15) is 108 Å². The average molecular weight is 707 g/mol. The van der Waals surface area contributed by atoms with E-state index in [4.69, 9.17) is 24.4 Å². The van der Waals surface area contributed by atoms with Crippen molar-refractivity contribution in [2.45, 2.75) is 109 Å². The molecule has 3 aromatic rings. The molecule has 0 aliphatic heterocycles. The van der Waals surface area contributed by atoms with Crippen LogP contribution in [0.25, 0.3) is 0 Å². The van der Waals surface area contributed by atoms with E-state index in [-0.39, 0.29) is 31.0 Å². The molecule has 0 saturated carbocycles. The fourth-order valence-electron chi connectivity index (χ4n) is 6.93. The van der Waals surface area contributed by atoms with Crippen LogP contribution in [0.4, 0.5) is 0 Å². The summed E-state index contributed by atoms with van der Waals surface area (Å²) in [5.74, 6) is 1.63. The lowest BCUT2D eigenvalue weighted by Crippen LogP contribution is -2.35. The second-order valence-electron chi connectivity index (χ2n) is 14.2. The van der Waals surface area contributed by atoms with Crippen molar-refractivity contribution in [2.24, 2.45) is 11.8 Å². The predicted molar refractivity (Wildman–Crippen MR) is 202 cm³/mol. The van der Waals surface area contributed by atoms with E-state index in [1.54, 1.807) is 0 Å². The molecule has 8 heteroatoms. The SMILES string of the molecule is CCC(C)CC(CC(CC(C)C(=O)OC)(c1ccc(OCCCCC(O)CO)cc1)c1ccc(OCCCCC(O)CO)cc1)c1ccccc1. The number of esters is 1. The van der Waals surface area contributed by atoms with Crippen molar-refractivity contribution in [3.8, 4) is 11.5 Å². The molecular formula is C43H62O8. The Labute approximate surface area is 305 Å². The van der Waals surface area contributed by atoms with Crippen molar-refractivity contribution in [1.82, 2.24) is 0 Å². The zero-order chi connectivity index (χ0) is 37.1. The van der Waals surface area contributed by atoms with E-state index in [0.717, 1.165) is 67.6 Å². The summed E-state index contributed by atoms with van der Waals surface area (Å²) in [6, 6.07) is 27.2. The Morgan fingerprint density at radius 2 is 1.20 bits per heavy atom. The van der Waals surface area contributed by atoms with Crippen LogP contribution < -0.4 is 9.47 Å². The van der Waals surface area contributed by atoms with Crippen LogP contribution >= 0.6 is 0 Å². The molecule has 8 nitrogen and oxygen atoms in total. The van der Waals surface area contributed by atoms with Gasteiger partial charge >= 0.3 is 5.97 Å². The number of benzene rings is 3. The summed E-state index contributed by atoms with van der Waals surface area (Å²) in [4.78, 5) is 13.1. The van der Waals surface area contributed by atoms with Crippen LogP contribution in [0, 0.1) is 11.8 Å². The van der Waals surface area contributed by atoms with Gasteiger partial charge in [0.15, 0.2) is 0 Å². The summed E-state index contributed by atoms with van der Waals surface area (Å²) < 4.78 is 17.4. The standard InChI is InChI=1S/C43H62O8/c1-5-32(2)27-35(34-13-7-6-8-14-34)29-43(28-33(3)42(48)49-4,36-17-21-40(22-18-36)50-25-11-9-15-38(46)30-44)37-19-23-41(24-20-37)51-26-12-10-16-39(47)31-45/h6-8,13-14,17-24,32-33,35,38-39,44-47H,5,9-12,15-16,25-31H2,1-4H3. The minimum Gasteiger partial charge on any atom is -0.494 e. The molecule has 5 unspecified atom stereocenters. The van der Waals surface area contributed by atoms with E-state index in [1.165, 1.54) is 12.7 Å². The van der Waals surface area contributed by atoms with Gasteiger partial charge in [-0.3, -0.25) is 4.79 Å². The summed E-state index contributed by atoms with van der Waals surface area (Å²) >= 11 is 0. The number of aliphatic hydroxyl groups excluding tert-OH is 4. The summed E-state index contributed by atoms with van der Waals surface area (Å²) in [5.41, 5.74) is 2.92. The average Bonchev–Trinajstić information content (AvgIpc) is 3.17. The molecule has 4 N–H and O–H groups in total. The van der Waals surface area contributed by atoms with Gasteiger partial charge < -0.3 is 34.6 Å². The van der Waals surface area contributed by atoms with E-state index in [2.05, 4.69) is 68.4 Å². The first-order chi connectivity index (χ1) is 24.6. The molecular weight excluding hydrogens is 644 g/mol. The van der Waals surface area contributed by atoms with Gasteiger partial charge in [-0.15, -0.1) is 0 Å². The molecule has 3 rings (SSSR count). The van der Waals surface area contributed by atoms with Crippen molar-refractivity contribution in [3.63, 3.8) is 0 Å². The maximum atomic E-state index is 13.1. The van der Waals surface area contributed by atoms with Crippen molar-refractivity contribution in [1.29, 1.82) is 0 Å². The molecule has 0 fully saturated rings. The molecule has 0 heterocycles. The first-order valence-electron chi connectivity index (χ1n) is 18.8. The van der Waals surface area contributed by atoms with Gasteiger partial charge in [-0.05, 0) is 111 Å². The number of rotatable bonds is 25. The molecule has 282 valence electrons. The maximum Gasteiger partial charge on any atom is 0.308 e. The van der Waals surface area contributed by atoms with Gasteiger partial charge in [-0.25, -0.2) is 0 Å². The smallest absolute Gasteiger partial charge is 0.308 e. The van der Waals surface area contributed by atoms with Crippen LogP contribution in [0.5, 0.6) is 11.5 Å². The van der Waals surface area contributed by atoms with Crippen LogP contribution in [0.2, 0.25) is 0 Å². The molecule has 0 aliphatic carbocycles. The number of carbonyl (C=O) groups excluding carboxylic acids is 1. The van der Waals surface area contributed by atoms with Crippen molar-refractivity contribution in [3.05, 3.63) is 95.6 Å². The van der Waals surface area contributed by atoms with E-state index >= 15 is 0 Å². The zero-order valence-corrected chi connectivity index (χ0v) is 31.2. The first kappa shape index (κ1) is 42.0. The van der Waals surface area contributed by atoms with E-state index in [0.29, 0.717) is 38.4 Å². The molecule has 5 atom stereocenters. The predicted octanol–water partition coefficient (Wildman–Crippen LogP) is 7.59. The number of hydrogen-bond acceptors (Lipinski definition) is 8. The van der Waals surface area contributed by atoms with Crippen molar-refractivity contribution >= 4 is 5.97 Å². The van der Waals surface area contributed by atoms with E-state index in [1.807, 2.05) is 31.2 Å². The molecule has 0 saturated heterocycles. The Bertz CT molecular complexity index is 1300. The highest BCUT2D eigenvalue weighted by Gasteiger charge is 2.40. The van der Waals surface area contributed by atoms with Gasteiger partial charge in [-0.2, -0.15) is 0 Å². The normalized spacial score (nSPS) is 15.6. The molecule has 0 aliphatic rings. The van der Waals surface area contributed by atoms with Gasteiger partial charge in [0, 0.05) is 5.41 Å². The third kappa shape index (κ3) is 13.6. The number of methoxy groups -OCH3 is 1. The van der Waals surface area contributed by atoms with Crippen LogP contribution in [-0.4, -0.2) is 72.1 Å². The molecule has 0 spiro atoms.